The van der Waals surface area contributed by atoms with Gasteiger partial charge in [-0.3, -0.25) is 9.69 Å². The van der Waals surface area contributed by atoms with Gasteiger partial charge in [0, 0.05) is 29.7 Å². The lowest BCUT2D eigenvalue weighted by Crippen LogP contribution is -2.38. The number of hydrogen-bond acceptors (Lipinski definition) is 6. The summed E-state index contributed by atoms with van der Waals surface area (Å²) in [4.78, 5) is 35.8. The monoisotopic (exact) mass is 593 g/mol. The highest BCUT2D eigenvalue weighted by molar-refractivity contribution is 5.75. The van der Waals surface area contributed by atoms with Crippen LogP contribution in [0.4, 0.5) is 20.7 Å². The van der Waals surface area contributed by atoms with Crippen LogP contribution in [0, 0.1) is 11.7 Å². The van der Waals surface area contributed by atoms with Gasteiger partial charge < -0.3 is 15.8 Å². The highest BCUT2D eigenvalue weighted by atomic mass is 19.1. The number of ether oxygens (including phenoxy) is 1. The van der Waals surface area contributed by atoms with E-state index in [2.05, 4.69) is 53.4 Å². The van der Waals surface area contributed by atoms with E-state index in [1.807, 2.05) is 29.2 Å². The van der Waals surface area contributed by atoms with Gasteiger partial charge in [0.2, 0.25) is 5.91 Å². The third-order valence-corrected chi connectivity index (χ3v) is 8.69. The number of halogens is 1. The van der Waals surface area contributed by atoms with Gasteiger partial charge in [-0.15, -0.1) is 0 Å². The Bertz CT molecular complexity index is 1650. The van der Waals surface area contributed by atoms with E-state index in [1.165, 1.54) is 24.0 Å². The van der Waals surface area contributed by atoms with Crippen LogP contribution in [0.15, 0.2) is 85.2 Å². The minimum absolute atomic E-state index is 0.120. The molecule has 0 bridgehead atoms. The summed E-state index contributed by atoms with van der Waals surface area (Å²) >= 11 is 0. The van der Waals surface area contributed by atoms with E-state index < -0.39 is 12.0 Å². The molecule has 2 amide bonds. The molecule has 1 saturated heterocycles. The zero-order chi connectivity index (χ0) is 30.8. The van der Waals surface area contributed by atoms with E-state index in [0.717, 1.165) is 35.2 Å². The molecule has 1 aliphatic heterocycles. The Kier molecular flexibility index (Phi) is 8.03. The van der Waals surface area contributed by atoms with Gasteiger partial charge in [0.25, 0.3) is 0 Å². The van der Waals surface area contributed by atoms with Crippen LogP contribution in [0.2, 0.25) is 0 Å². The summed E-state index contributed by atoms with van der Waals surface area (Å²) in [6, 6.07) is 24.3. The number of anilines is 2. The van der Waals surface area contributed by atoms with Gasteiger partial charge in [0.1, 0.15) is 24.1 Å². The average Bonchev–Trinajstić information content (AvgIpc) is 3.73. The number of carbonyl (C=O) groups excluding carboxylic acids is 2. The molecule has 0 spiro atoms. The number of nitrogens with two attached hydrogens (primary N) is 1. The molecule has 0 unspecified atom stereocenters. The van der Waals surface area contributed by atoms with Gasteiger partial charge in [0.05, 0.1) is 17.8 Å². The minimum atomic E-state index is -0.440. The molecule has 3 aromatic carbocycles. The Morgan fingerprint density at radius 3 is 2.50 bits per heavy atom. The van der Waals surface area contributed by atoms with E-state index in [4.69, 9.17) is 10.5 Å². The van der Waals surface area contributed by atoms with Crippen LogP contribution in [0.5, 0.6) is 0 Å². The summed E-state index contributed by atoms with van der Waals surface area (Å²) in [6.45, 7) is 4.75. The zero-order valence-electron chi connectivity index (χ0n) is 24.9. The molecule has 44 heavy (non-hydrogen) atoms. The number of aromatic nitrogens is 2. The molecule has 1 saturated carbocycles. The second kappa shape index (κ2) is 12.1. The number of cyclic esters (lactones) is 1. The van der Waals surface area contributed by atoms with Crippen molar-refractivity contribution in [2.45, 2.75) is 57.1 Å². The predicted molar refractivity (Wildman–Crippen MR) is 167 cm³/mol. The number of primary amides is 1. The number of benzene rings is 3. The maximum atomic E-state index is 13.3. The van der Waals surface area contributed by atoms with E-state index in [1.54, 1.807) is 18.2 Å². The van der Waals surface area contributed by atoms with E-state index in [9.17, 15) is 14.0 Å². The van der Waals surface area contributed by atoms with Crippen LogP contribution in [0.1, 0.15) is 55.7 Å². The normalized spacial score (nSPS) is 17.8. The predicted octanol–water partition coefficient (Wildman–Crippen LogP) is 6.69. The van der Waals surface area contributed by atoms with Gasteiger partial charge in [-0.2, -0.15) is 0 Å². The first kappa shape index (κ1) is 29.3. The maximum Gasteiger partial charge on any atom is 0.410 e. The molecule has 2 fully saturated rings. The van der Waals surface area contributed by atoms with Crippen molar-refractivity contribution in [3.8, 4) is 11.3 Å². The highest BCUT2D eigenvalue weighted by Gasteiger charge is 2.56. The number of rotatable bonds is 11. The van der Waals surface area contributed by atoms with Crippen LogP contribution >= 0.6 is 0 Å². The van der Waals surface area contributed by atoms with Crippen molar-refractivity contribution in [2.75, 3.05) is 11.9 Å². The quantitative estimate of drug-likeness (QED) is 0.200. The molecule has 1 aliphatic carbocycles. The SMILES string of the molecule is CC(C)c1cccc(C2(N3C[C@@H]([C@H](CC(N)=O)Cc4ccc(Nc5cc(-c6ccc(F)cc6)ncn5)cc4)OC3=O)CC2)c1. The van der Waals surface area contributed by atoms with Gasteiger partial charge >= 0.3 is 6.09 Å². The number of carbonyl (C=O) groups is 2. The Morgan fingerprint density at radius 1 is 1.07 bits per heavy atom. The van der Waals surface area contributed by atoms with Crippen LogP contribution in [-0.2, 0) is 21.5 Å². The first-order valence-electron chi connectivity index (χ1n) is 15.0. The summed E-state index contributed by atoms with van der Waals surface area (Å²) < 4.78 is 19.2. The molecule has 8 nitrogen and oxygen atoms in total. The Hall–Kier alpha value is -4.79. The minimum Gasteiger partial charge on any atom is -0.444 e. The maximum absolute atomic E-state index is 13.3. The highest BCUT2D eigenvalue weighted by Crippen LogP contribution is 2.53. The topological polar surface area (TPSA) is 110 Å². The van der Waals surface area contributed by atoms with Crippen LogP contribution < -0.4 is 11.1 Å². The number of hydrogen-bond donors (Lipinski definition) is 2. The van der Waals surface area contributed by atoms with Crippen molar-refractivity contribution in [3.63, 3.8) is 0 Å². The van der Waals surface area contributed by atoms with Crippen molar-refractivity contribution in [3.05, 3.63) is 108 Å². The molecule has 0 radical (unpaired) electrons. The standard InChI is InChI=1S/C35H36FN5O3/c1-22(2)25-4-3-5-27(17-25)35(14-15-35)41-20-31(44-34(41)43)26(18-32(37)42)16-23-6-12-29(13-7-23)40-33-19-30(38-21-39-33)24-8-10-28(36)11-9-24/h3-13,17,19,21-22,26,31H,14-16,18,20H2,1-2H3,(H2,37,42)(H,38,39,40)/t26-,31-/m0/s1. The Balaban J connectivity index is 1.14. The second-order valence-electron chi connectivity index (χ2n) is 12.1. The van der Waals surface area contributed by atoms with Gasteiger partial charge in [-0.25, -0.2) is 19.2 Å². The Labute approximate surface area is 256 Å². The van der Waals surface area contributed by atoms with Crippen LogP contribution in [0.25, 0.3) is 11.3 Å². The summed E-state index contributed by atoms with van der Waals surface area (Å²) in [5.41, 5.74) is 11.0. The molecular formula is C35H36FN5O3. The van der Waals surface area contributed by atoms with E-state index >= 15 is 0 Å². The fourth-order valence-electron chi connectivity index (χ4n) is 6.07. The largest absolute Gasteiger partial charge is 0.444 e. The zero-order valence-corrected chi connectivity index (χ0v) is 24.9. The summed E-state index contributed by atoms with van der Waals surface area (Å²) in [5.74, 6) is 0.0180. The third-order valence-electron chi connectivity index (χ3n) is 8.69. The fraction of sp³-hybridized carbons (Fsp3) is 0.314. The van der Waals surface area contributed by atoms with Gasteiger partial charge in [-0.1, -0.05) is 50.2 Å². The molecule has 6 rings (SSSR count). The van der Waals surface area contributed by atoms with Crippen molar-refractivity contribution >= 4 is 23.5 Å². The van der Waals surface area contributed by atoms with Gasteiger partial charge in [0.15, 0.2) is 0 Å². The van der Waals surface area contributed by atoms with Gasteiger partial charge in [-0.05, 0) is 78.3 Å². The fourth-order valence-corrected chi connectivity index (χ4v) is 6.07. The Morgan fingerprint density at radius 2 is 1.82 bits per heavy atom. The number of nitrogens with zero attached hydrogens (tertiary/aromatic N) is 3. The molecule has 4 aromatic rings. The van der Waals surface area contributed by atoms with Crippen LogP contribution in [-0.4, -0.2) is 39.5 Å². The summed E-state index contributed by atoms with van der Waals surface area (Å²) in [5, 5.41) is 3.28. The lowest BCUT2D eigenvalue weighted by atomic mass is 9.90. The second-order valence-corrected chi connectivity index (χ2v) is 12.1. The smallest absolute Gasteiger partial charge is 0.410 e. The molecule has 9 heteroatoms. The van der Waals surface area contributed by atoms with Crippen molar-refractivity contribution in [1.82, 2.24) is 14.9 Å². The van der Waals surface area contributed by atoms with E-state index in [-0.39, 0.29) is 29.8 Å². The summed E-state index contributed by atoms with van der Waals surface area (Å²) in [7, 11) is 0. The van der Waals surface area contributed by atoms with E-state index in [0.29, 0.717) is 30.4 Å². The average molecular weight is 594 g/mol. The number of nitrogens with one attached hydrogen (secondary N) is 1. The lowest BCUT2D eigenvalue weighted by Gasteiger charge is -2.27. The molecule has 226 valence electrons. The molecular weight excluding hydrogens is 557 g/mol. The van der Waals surface area contributed by atoms with Crippen molar-refractivity contribution in [1.29, 1.82) is 0 Å². The van der Waals surface area contributed by atoms with Crippen molar-refractivity contribution < 1.29 is 18.7 Å². The molecule has 2 aliphatic rings. The van der Waals surface area contributed by atoms with Crippen LogP contribution in [0.3, 0.4) is 0 Å². The first-order valence-corrected chi connectivity index (χ1v) is 15.0. The first-order chi connectivity index (χ1) is 21.2. The summed E-state index contributed by atoms with van der Waals surface area (Å²) in [6.07, 6.45) is 3.13. The number of amides is 2. The third kappa shape index (κ3) is 6.27. The molecule has 1 aromatic heterocycles. The molecule has 2 heterocycles. The van der Waals surface area contributed by atoms with Crippen molar-refractivity contribution in [2.24, 2.45) is 11.7 Å². The lowest BCUT2D eigenvalue weighted by molar-refractivity contribution is -0.119. The molecule has 2 atom stereocenters. The molecule has 3 N–H and O–H groups in total.